The zero-order valence-electron chi connectivity index (χ0n) is 14.2. The lowest BCUT2D eigenvalue weighted by molar-refractivity contribution is -0.117. The summed E-state index contributed by atoms with van der Waals surface area (Å²) in [5, 5.41) is 5.60. The van der Waals surface area contributed by atoms with Crippen LogP contribution in [-0.4, -0.2) is 25.0 Å². The van der Waals surface area contributed by atoms with Crippen molar-refractivity contribution in [2.75, 3.05) is 23.8 Å². The molecule has 0 spiro atoms. The Morgan fingerprint density at radius 3 is 2.44 bits per heavy atom. The molecule has 6 heteroatoms. The number of hydrogen-bond donors (Lipinski definition) is 3. The Hall–Kier alpha value is -2.86. The first kappa shape index (κ1) is 18.5. The topological polar surface area (TPSA) is 93.5 Å². The lowest BCUT2D eigenvalue weighted by atomic mass is 10.1. The molecule has 0 atom stereocenters. The van der Waals surface area contributed by atoms with E-state index in [-0.39, 0.29) is 24.7 Å². The maximum atomic E-state index is 12.1. The minimum Gasteiger partial charge on any atom is -0.493 e. The molecule has 25 heavy (non-hydrogen) atoms. The first-order valence-corrected chi connectivity index (χ1v) is 8.17. The monoisotopic (exact) mass is 341 g/mol. The fraction of sp³-hybridized carbons (Fsp3) is 0.263. The molecule has 2 rings (SSSR count). The second-order valence-corrected chi connectivity index (χ2v) is 5.58. The molecule has 0 fully saturated rings. The predicted octanol–water partition coefficient (Wildman–Crippen LogP) is 2.69. The molecule has 4 N–H and O–H groups in total. The van der Waals surface area contributed by atoms with Gasteiger partial charge in [-0.2, -0.15) is 0 Å². The molecule has 0 aromatic heterocycles. The van der Waals surface area contributed by atoms with Crippen LogP contribution in [0.25, 0.3) is 0 Å². The molecule has 0 aliphatic heterocycles. The van der Waals surface area contributed by atoms with E-state index < -0.39 is 0 Å². The average molecular weight is 341 g/mol. The van der Waals surface area contributed by atoms with Gasteiger partial charge in [-0.1, -0.05) is 24.3 Å². The van der Waals surface area contributed by atoms with E-state index >= 15 is 0 Å². The van der Waals surface area contributed by atoms with Crippen molar-refractivity contribution in [2.45, 2.75) is 19.8 Å². The summed E-state index contributed by atoms with van der Waals surface area (Å²) in [5.41, 5.74) is 7.56. The van der Waals surface area contributed by atoms with E-state index in [0.717, 1.165) is 11.3 Å². The van der Waals surface area contributed by atoms with E-state index in [2.05, 4.69) is 10.6 Å². The quantitative estimate of drug-likeness (QED) is 0.688. The van der Waals surface area contributed by atoms with Gasteiger partial charge in [-0.15, -0.1) is 0 Å². The molecular formula is C19H23N3O3. The van der Waals surface area contributed by atoms with E-state index in [1.165, 1.54) is 0 Å². The summed E-state index contributed by atoms with van der Waals surface area (Å²) in [5.74, 6) is 0.431. The Kier molecular flexibility index (Phi) is 6.98. The molecule has 0 bridgehead atoms. The molecule has 0 aliphatic rings. The molecule has 132 valence electrons. The van der Waals surface area contributed by atoms with Gasteiger partial charge in [-0.3, -0.25) is 9.59 Å². The number of carbonyl (C=O) groups excluding carboxylic acids is 2. The van der Waals surface area contributed by atoms with Crippen LogP contribution in [0.4, 0.5) is 11.4 Å². The van der Waals surface area contributed by atoms with Crippen molar-refractivity contribution in [3.05, 3.63) is 54.1 Å². The second-order valence-electron chi connectivity index (χ2n) is 5.58. The summed E-state index contributed by atoms with van der Waals surface area (Å²) in [6, 6.07) is 14.7. The lowest BCUT2D eigenvalue weighted by Gasteiger charge is -2.12. The summed E-state index contributed by atoms with van der Waals surface area (Å²) >= 11 is 0. The Labute approximate surface area is 147 Å². The van der Waals surface area contributed by atoms with E-state index in [9.17, 15) is 9.59 Å². The largest absolute Gasteiger partial charge is 0.493 e. The summed E-state index contributed by atoms with van der Waals surface area (Å²) in [7, 11) is 0. The van der Waals surface area contributed by atoms with Crippen molar-refractivity contribution in [1.82, 2.24) is 0 Å². The van der Waals surface area contributed by atoms with Crippen LogP contribution in [0.2, 0.25) is 0 Å². The summed E-state index contributed by atoms with van der Waals surface area (Å²) in [4.78, 5) is 23.7. The van der Waals surface area contributed by atoms with Gasteiger partial charge in [0, 0.05) is 24.3 Å². The smallest absolute Gasteiger partial charge is 0.227 e. The normalized spacial score (nSPS) is 10.2. The Balaban J connectivity index is 1.87. The number of amides is 2. The van der Waals surface area contributed by atoms with Crippen molar-refractivity contribution in [3.63, 3.8) is 0 Å². The Morgan fingerprint density at radius 2 is 1.72 bits per heavy atom. The van der Waals surface area contributed by atoms with Crippen LogP contribution in [0.1, 0.15) is 18.4 Å². The van der Waals surface area contributed by atoms with Crippen LogP contribution in [0.3, 0.4) is 0 Å². The summed E-state index contributed by atoms with van der Waals surface area (Å²) in [6.45, 7) is 2.48. The van der Waals surface area contributed by atoms with Crippen molar-refractivity contribution in [2.24, 2.45) is 5.73 Å². The molecule has 6 nitrogen and oxygen atoms in total. The number of benzene rings is 2. The molecule has 0 radical (unpaired) electrons. The van der Waals surface area contributed by atoms with Gasteiger partial charge >= 0.3 is 0 Å². The Morgan fingerprint density at radius 1 is 1.00 bits per heavy atom. The minimum absolute atomic E-state index is 0.149. The third-order valence-electron chi connectivity index (χ3n) is 3.51. The van der Waals surface area contributed by atoms with Gasteiger partial charge in [-0.05, 0) is 36.8 Å². The van der Waals surface area contributed by atoms with Gasteiger partial charge in [0.05, 0.1) is 13.0 Å². The van der Waals surface area contributed by atoms with E-state index in [0.29, 0.717) is 24.5 Å². The number of aryl methyl sites for hydroxylation is 1. The van der Waals surface area contributed by atoms with Crippen molar-refractivity contribution in [1.29, 1.82) is 0 Å². The highest BCUT2D eigenvalue weighted by Crippen LogP contribution is 2.20. The number of para-hydroxylation sites is 1. The second kappa shape index (κ2) is 9.44. The molecule has 0 saturated heterocycles. The molecule has 2 amide bonds. The van der Waals surface area contributed by atoms with Crippen LogP contribution in [0.5, 0.6) is 5.75 Å². The van der Waals surface area contributed by atoms with Gasteiger partial charge in [0.1, 0.15) is 5.75 Å². The lowest BCUT2D eigenvalue weighted by Crippen LogP contribution is -2.18. The van der Waals surface area contributed by atoms with E-state index in [4.69, 9.17) is 10.5 Å². The first-order valence-electron chi connectivity index (χ1n) is 8.17. The highest BCUT2D eigenvalue weighted by atomic mass is 16.5. The van der Waals surface area contributed by atoms with Crippen molar-refractivity contribution in [3.8, 4) is 5.75 Å². The number of carbonyl (C=O) groups is 2. The molecule has 0 aliphatic carbocycles. The van der Waals surface area contributed by atoms with Crippen LogP contribution < -0.4 is 21.1 Å². The predicted molar refractivity (Wildman–Crippen MR) is 98.7 cm³/mol. The third kappa shape index (κ3) is 6.27. The summed E-state index contributed by atoms with van der Waals surface area (Å²) < 4.78 is 5.52. The highest BCUT2D eigenvalue weighted by molar-refractivity contribution is 5.94. The maximum Gasteiger partial charge on any atom is 0.227 e. The van der Waals surface area contributed by atoms with Crippen LogP contribution >= 0.6 is 0 Å². The highest BCUT2D eigenvalue weighted by Gasteiger charge is 2.08. The zero-order valence-corrected chi connectivity index (χ0v) is 14.2. The molecule has 2 aromatic rings. The maximum absolute atomic E-state index is 12.1. The first-order chi connectivity index (χ1) is 12.1. The number of ether oxygens (including phenoxy) is 1. The number of hydrogen-bond acceptors (Lipinski definition) is 4. The minimum atomic E-state index is -0.153. The number of anilines is 2. The van der Waals surface area contributed by atoms with Gasteiger partial charge < -0.3 is 21.1 Å². The molecule has 2 aromatic carbocycles. The molecule has 0 saturated carbocycles. The van der Waals surface area contributed by atoms with Crippen molar-refractivity contribution < 1.29 is 14.3 Å². The number of nitrogens with one attached hydrogen (secondary N) is 2. The molecule has 0 heterocycles. The summed E-state index contributed by atoms with van der Waals surface area (Å²) in [6.07, 6.45) is 0.491. The zero-order chi connectivity index (χ0) is 18.1. The number of nitrogens with two attached hydrogens (primary N) is 1. The third-order valence-corrected chi connectivity index (χ3v) is 3.51. The van der Waals surface area contributed by atoms with Gasteiger partial charge in [0.2, 0.25) is 11.8 Å². The van der Waals surface area contributed by atoms with Gasteiger partial charge in [0.25, 0.3) is 0 Å². The van der Waals surface area contributed by atoms with Crippen LogP contribution in [0, 0.1) is 6.92 Å². The van der Waals surface area contributed by atoms with Gasteiger partial charge in [-0.25, -0.2) is 0 Å². The van der Waals surface area contributed by atoms with Crippen molar-refractivity contribution >= 4 is 23.2 Å². The van der Waals surface area contributed by atoms with Crippen LogP contribution in [0.15, 0.2) is 48.5 Å². The molecular weight excluding hydrogens is 318 g/mol. The number of rotatable bonds is 8. The average Bonchev–Trinajstić information content (AvgIpc) is 2.59. The fourth-order valence-electron chi connectivity index (χ4n) is 2.18. The Bertz CT molecular complexity index is 717. The van der Waals surface area contributed by atoms with E-state index in [1.54, 1.807) is 12.1 Å². The van der Waals surface area contributed by atoms with E-state index in [1.807, 2.05) is 43.3 Å². The SMILES string of the molecule is Cc1ccc(NC(=O)CCN)cc1NC(=O)CCOc1ccccc1. The fourth-order valence-corrected chi connectivity index (χ4v) is 2.18. The van der Waals surface area contributed by atoms with Gasteiger partial charge in [0.15, 0.2) is 0 Å². The molecule has 0 unspecified atom stereocenters. The standard InChI is InChI=1S/C19H23N3O3/c1-14-7-8-15(21-18(23)9-11-20)13-17(14)22-19(24)10-12-25-16-5-3-2-4-6-16/h2-8,13H,9-12,20H2,1H3,(H,21,23)(H,22,24). The van der Waals surface area contributed by atoms with Crippen LogP contribution in [-0.2, 0) is 9.59 Å².